The number of piperidine rings is 1. The Labute approximate surface area is 182 Å². The molecule has 1 amide bonds. The SMILES string of the molecule is Cc1cc(N2CCC[C@@](O)(CN(C)C(=O)CCc3ccc4nc(C)[nH]c4c3)C2)ncn1. The van der Waals surface area contributed by atoms with E-state index in [0.29, 0.717) is 32.4 Å². The van der Waals surface area contributed by atoms with Gasteiger partial charge in [0.05, 0.1) is 23.2 Å². The second kappa shape index (κ2) is 8.63. The van der Waals surface area contributed by atoms with Gasteiger partial charge in [-0.25, -0.2) is 15.0 Å². The fourth-order valence-electron chi connectivity index (χ4n) is 4.36. The highest BCUT2D eigenvalue weighted by molar-refractivity contribution is 5.78. The molecule has 1 fully saturated rings. The molecule has 1 aliphatic rings. The summed E-state index contributed by atoms with van der Waals surface area (Å²) in [4.78, 5) is 32.6. The fraction of sp³-hybridized carbons (Fsp3) is 0.478. The molecule has 1 saturated heterocycles. The molecule has 1 aliphatic heterocycles. The van der Waals surface area contributed by atoms with Crippen LogP contribution >= 0.6 is 0 Å². The third-order valence-corrected chi connectivity index (χ3v) is 5.92. The number of rotatable bonds is 6. The Bertz CT molecular complexity index is 1080. The Balaban J connectivity index is 1.34. The molecule has 1 aromatic carbocycles. The average molecular weight is 423 g/mol. The molecule has 1 atom stereocenters. The van der Waals surface area contributed by atoms with Gasteiger partial charge < -0.3 is 19.9 Å². The van der Waals surface area contributed by atoms with Crippen molar-refractivity contribution in [2.45, 2.75) is 45.1 Å². The monoisotopic (exact) mass is 422 g/mol. The molecule has 164 valence electrons. The van der Waals surface area contributed by atoms with E-state index in [1.165, 1.54) is 0 Å². The minimum absolute atomic E-state index is 0.0318. The zero-order chi connectivity index (χ0) is 22.0. The van der Waals surface area contributed by atoms with E-state index >= 15 is 0 Å². The van der Waals surface area contributed by atoms with Crippen molar-refractivity contribution in [1.82, 2.24) is 24.8 Å². The second-order valence-corrected chi connectivity index (χ2v) is 8.69. The van der Waals surface area contributed by atoms with E-state index in [1.807, 2.05) is 32.0 Å². The third-order valence-electron chi connectivity index (χ3n) is 5.92. The van der Waals surface area contributed by atoms with Crippen molar-refractivity contribution in [3.05, 3.63) is 47.7 Å². The highest BCUT2D eigenvalue weighted by Crippen LogP contribution is 2.26. The number of H-pyrrole nitrogens is 1. The maximum absolute atomic E-state index is 12.8. The average Bonchev–Trinajstić information content (AvgIpc) is 3.11. The van der Waals surface area contributed by atoms with Gasteiger partial charge in [-0.2, -0.15) is 0 Å². The quantitative estimate of drug-likeness (QED) is 0.633. The predicted molar refractivity (Wildman–Crippen MR) is 120 cm³/mol. The zero-order valence-corrected chi connectivity index (χ0v) is 18.4. The third kappa shape index (κ3) is 5.02. The lowest BCUT2D eigenvalue weighted by Crippen LogP contribution is -2.55. The van der Waals surface area contributed by atoms with Crippen LogP contribution in [0.2, 0.25) is 0 Å². The van der Waals surface area contributed by atoms with Crippen LogP contribution in [0.5, 0.6) is 0 Å². The Morgan fingerprint density at radius 2 is 2.13 bits per heavy atom. The number of carbonyl (C=O) groups is 1. The molecule has 2 N–H and O–H groups in total. The summed E-state index contributed by atoms with van der Waals surface area (Å²) in [6.07, 6.45) is 4.13. The summed E-state index contributed by atoms with van der Waals surface area (Å²) in [6.45, 7) is 5.47. The topological polar surface area (TPSA) is 98.2 Å². The molecule has 0 unspecified atom stereocenters. The number of hydrogen-bond donors (Lipinski definition) is 2. The molecule has 3 aromatic rings. The molecule has 0 bridgehead atoms. The molecule has 31 heavy (non-hydrogen) atoms. The van der Waals surface area contributed by atoms with E-state index in [2.05, 4.69) is 30.9 Å². The van der Waals surface area contributed by atoms with E-state index in [1.54, 1.807) is 18.3 Å². The molecule has 3 heterocycles. The fourth-order valence-corrected chi connectivity index (χ4v) is 4.36. The van der Waals surface area contributed by atoms with Gasteiger partial charge in [0.15, 0.2) is 0 Å². The normalized spacial score (nSPS) is 19.0. The summed E-state index contributed by atoms with van der Waals surface area (Å²) < 4.78 is 0. The first-order valence-corrected chi connectivity index (χ1v) is 10.8. The van der Waals surface area contributed by atoms with Gasteiger partial charge in [-0.05, 0) is 50.8 Å². The molecular formula is C23H30N6O2. The lowest BCUT2D eigenvalue weighted by atomic mass is 9.92. The standard InChI is InChI=1S/C23H30N6O2/c1-16-11-21(25-15-24-16)29-10-4-9-23(31,14-29)13-28(3)22(30)8-6-18-5-7-19-20(12-18)27-17(2)26-19/h5,7,11-12,15,31H,4,6,8-10,13-14H2,1-3H3,(H,26,27)/t23-/m1/s1. The van der Waals surface area contributed by atoms with Crippen LogP contribution in [0.3, 0.4) is 0 Å². The van der Waals surface area contributed by atoms with Crippen molar-refractivity contribution in [2.24, 2.45) is 0 Å². The van der Waals surface area contributed by atoms with E-state index in [-0.39, 0.29) is 5.91 Å². The minimum Gasteiger partial charge on any atom is -0.386 e. The molecule has 2 aromatic heterocycles. The van der Waals surface area contributed by atoms with Crippen LogP contribution in [-0.4, -0.2) is 68.1 Å². The Morgan fingerprint density at radius 1 is 1.29 bits per heavy atom. The Kier molecular flexibility index (Phi) is 5.91. The van der Waals surface area contributed by atoms with Crippen molar-refractivity contribution >= 4 is 22.8 Å². The largest absolute Gasteiger partial charge is 0.386 e. The van der Waals surface area contributed by atoms with E-state index in [4.69, 9.17) is 0 Å². The number of fused-ring (bicyclic) bond motifs is 1. The van der Waals surface area contributed by atoms with Crippen LogP contribution in [0.25, 0.3) is 11.0 Å². The maximum atomic E-state index is 12.8. The van der Waals surface area contributed by atoms with Crippen molar-refractivity contribution in [3.63, 3.8) is 0 Å². The number of anilines is 1. The number of nitrogens with zero attached hydrogens (tertiary/aromatic N) is 5. The number of carbonyl (C=O) groups excluding carboxylic acids is 1. The van der Waals surface area contributed by atoms with Crippen molar-refractivity contribution in [2.75, 3.05) is 31.6 Å². The molecule has 0 spiro atoms. The van der Waals surface area contributed by atoms with Gasteiger partial charge in [0.2, 0.25) is 5.91 Å². The van der Waals surface area contributed by atoms with Crippen LogP contribution < -0.4 is 4.90 Å². The number of aryl methyl sites for hydroxylation is 3. The highest BCUT2D eigenvalue weighted by Gasteiger charge is 2.35. The van der Waals surface area contributed by atoms with Crippen molar-refractivity contribution in [1.29, 1.82) is 0 Å². The maximum Gasteiger partial charge on any atom is 0.222 e. The van der Waals surface area contributed by atoms with E-state index < -0.39 is 5.60 Å². The first kappa shape index (κ1) is 21.2. The number of likely N-dealkylation sites (N-methyl/N-ethyl adjacent to an activating group) is 1. The lowest BCUT2D eigenvalue weighted by Gasteiger charge is -2.41. The molecule has 8 heteroatoms. The van der Waals surface area contributed by atoms with Crippen LogP contribution in [0.1, 0.15) is 36.3 Å². The molecule has 4 rings (SSSR count). The number of aromatic nitrogens is 4. The number of benzene rings is 1. The lowest BCUT2D eigenvalue weighted by molar-refractivity contribution is -0.133. The van der Waals surface area contributed by atoms with Crippen LogP contribution in [-0.2, 0) is 11.2 Å². The van der Waals surface area contributed by atoms with Crippen LogP contribution in [0, 0.1) is 13.8 Å². The van der Waals surface area contributed by atoms with Gasteiger partial charge in [0.1, 0.15) is 18.0 Å². The number of aliphatic hydroxyl groups is 1. The Morgan fingerprint density at radius 3 is 2.94 bits per heavy atom. The van der Waals surface area contributed by atoms with Gasteiger partial charge in [-0.3, -0.25) is 4.79 Å². The molecular weight excluding hydrogens is 392 g/mol. The van der Waals surface area contributed by atoms with Crippen molar-refractivity contribution in [3.8, 4) is 0 Å². The summed E-state index contributed by atoms with van der Waals surface area (Å²) in [5.74, 6) is 1.74. The van der Waals surface area contributed by atoms with Crippen molar-refractivity contribution < 1.29 is 9.90 Å². The summed E-state index contributed by atoms with van der Waals surface area (Å²) in [5, 5.41) is 11.2. The Hall–Kier alpha value is -3.00. The van der Waals surface area contributed by atoms with Gasteiger partial charge in [0.25, 0.3) is 0 Å². The predicted octanol–water partition coefficient (Wildman–Crippen LogP) is 2.39. The molecule has 0 radical (unpaired) electrons. The number of hydrogen-bond acceptors (Lipinski definition) is 6. The highest BCUT2D eigenvalue weighted by atomic mass is 16.3. The van der Waals surface area contributed by atoms with Gasteiger partial charge in [-0.1, -0.05) is 6.07 Å². The number of imidazole rings is 1. The number of β-amino-alcohol motifs (C(OH)–C–C–N with tert-alkyl or cyclic N) is 1. The summed E-state index contributed by atoms with van der Waals surface area (Å²) in [6, 6.07) is 7.99. The second-order valence-electron chi connectivity index (χ2n) is 8.69. The minimum atomic E-state index is -0.951. The smallest absolute Gasteiger partial charge is 0.222 e. The molecule has 8 nitrogen and oxygen atoms in total. The van der Waals surface area contributed by atoms with Crippen LogP contribution in [0.15, 0.2) is 30.6 Å². The summed E-state index contributed by atoms with van der Waals surface area (Å²) in [5.41, 5.74) is 2.97. The molecule has 0 aliphatic carbocycles. The number of aromatic amines is 1. The molecule has 0 saturated carbocycles. The van der Waals surface area contributed by atoms with E-state index in [9.17, 15) is 9.90 Å². The first-order valence-electron chi connectivity index (χ1n) is 10.8. The first-order chi connectivity index (χ1) is 14.8. The summed E-state index contributed by atoms with van der Waals surface area (Å²) >= 11 is 0. The van der Waals surface area contributed by atoms with E-state index in [0.717, 1.165) is 46.9 Å². The number of amides is 1. The van der Waals surface area contributed by atoms with Crippen LogP contribution in [0.4, 0.5) is 5.82 Å². The van der Waals surface area contributed by atoms with Gasteiger partial charge >= 0.3 is 0 Å². The van der Waals surface area contributed by atoms with Gasteiger partial charge in [0, 0.05) is 38.3 Å². The van der Waals surface area contributed by atoms with Gasteiger partial charge in [-0.15, -0.1) is 0 Å². The zero-order valence-electron chi connectivity index (χ0n) is 18.4. The number of nitrogens with one attached hydrogen (secondary N) is 1. The summed E-state index contributed by atoms with van der Waals surface area (Å²) in [7, 11) is 1.77.